The van der Waals surface area contributed by atoms with Crippen molar-refractivity contribution in [3.63, 3.8) is 0 Å². The van der Waals surface area contributed by atoms with E-state index < -0.39 is 11.2 Å². The Labute approximate surface area is 109 Å². The smallest absolute Gasteiger partial charge is 0.319 e. The highest BCUT2D eigenvalue weighted by Crippen LogP contribution is 2.28. The summed E-state index contributed by atoms with van der Waals surface area (Å²) in [6.45, 7) is 0.397. The SMILES string of the molecule is O=C(O)C(Cc1ccccc1)SC1CCOC1=O. The van der Waals surface area contributed by atoms with E-state index in [-0.39, 0.29) is 11.2 Å². The second kappa shape index (κ2) is 5.91. The highest BCUT2D eigenvalue weighted by Gasteiger charge is 2.32. The maximum Gasteiger partial charge on any atom is 0.319 e. The molecular formula is C13H14O4S. The molecule has 1 fully saturated rings. The van der Waals surface area contributed by atoms with E-state index in [1.165, 1.54) is 11.8 Å². The van der Waals surface area contributed by atoms with Gasteiger partial charge in [0.25, 0.3) is 0 Å². The number of esters is 1. The summed E-state index contributed by atoms with van der Waals surface area (Å²) in [6.07, 6.45) is 1.02. The minimum absolute atomic E-state index is 0.292. The Bertz CT molecular complexity index is 432. The van der Waals surface area contributed by atoms with Gasteiger partial charge in [-0.05, 0) is 12.0 Å². The monoisotopic (exact) mass is 266 g/mol. The van der Waals surface area contributed by atoms with Crippen molar-refractivity contribution in [1.82, 2.24) is 0 Å². The first-order valence-electron chi connectivity index (χ1n) is 5.75. The van der Waals surface area contributed by atoms with Crippen LogP contribution < -0.4 is 0 Å². The Morgan fingerprint density at radius 2 is 2.17 bits per heavy atom. The molecule has 2 atom stereocenters. The molecule has 0 radical (unpaired) electrons. The molecule has 0 saturated carbocycles. The maximum absolute atomic E-state index is 11.3. The summed E-state index contributed by atoms with van der Waals surface area (Å²) in [6, 6.07) is 9.43. The van der Waals surface area contributed by atoms with Gasteiger partial charge in [0.15, 0.2) is 0 Å². The minimum atomic E-state index is -0.886. The Kier molecular flexibility index (Phi) is 4.25. The molecule has 0 spiro atoms. The fourth-order valence-corrected chi connectivity index (χ4v) is 3.03. The molecule has 18 heavy (non-hydrogen) atoms. The maximum atomic E-state index is 11.3. The van der Waals surface area contributed by atoms with E-state index in [0.717, 1.165) is 5.56 Å². The molecule has 1 aliphatic heterocycles. The second-order valence-electron chi connectivity index (χ2n) is 4.10. The van der Waals surface area contributed by atoms with Gasteiger partial charge in [0.05, 0.1) is 6.61 Å². The number of benzene rings is 1. The largest absolute Gasteiger partial charge is 0.480 e. The molecule has 0 amide bonds. The summed E-state index contributed by atoms with van der Waals surface area (Å²) in [5.74, 6) is -1.18. The fraction of sp³-hybridized carbons (Fsp3) is 0.385. The molecule has 0 aromatic heterocycles. The van der Waals surface area contributed by atoms with Crippen LogP contribution in [0.3, 0.4) is 0 Å². The number of hydrogen-bond donors (Lipinski definition) is 1. The quantitative estimate of drug-likeness (QED) is 0.822. The van der Waals surface area contributed by atoms with E-state index in [9.17, 15) is 14.7 Å². The van der Waals surface area contributed by atoms with Gasteiger partial charge >= 0.3 is 11.9 Å². The van der Waals surface area contributed by atoms with Crippen LogP contribution in [-0.4, -0.2) is 34.2 Å². The van der Waals surface area contributed by atoms with Crippen molar-refractivity contribution in [2.75, 3.05) is 6.61 Å². The molecule has 2 rings (SSSR count). The summed E-state index contributed by atoms with van der Waals surface area (Å²) in [5.41, 5.74) is 0.962. The van der Waals surface area contributed by atoms with Gasteiger partial charge in [-0.25, -0.2) is 0 Å². The number of carbonyl (C=O) groups is 2. The topological polar surface area (TPSA) is 63.6 Å². The number of carbonyl (C=O) groups excluding carboxylic acids is 1. The summed E-state index contributed by atoms with van der Waals surface area (Å²) in [7, 11) is 0. The predicted molar refractivity (Wildman–Crippen MR) is 68.5 cm³/mol. The Hall–Kier alpha value is -1.49. The number of ether oxygens (including phenoxy) is 1. The third kappa shape index (κ3) is 3.26. The average molecular weight is 266 g/mol. The average Bonchev–Trinajstić information content (AvgIpc) is 2.75. The van der Waals surface area contributed by atoms with Crippen molar-refractivity contribution in [2.45, 2.75) is 23.3 Å². The number of aliphatic carboxylic acids is 1. The lowest BCUT2D eigenvalue weighted by Crippen LogP contribution is -2.24. The molecule has 1 aromatic carbocycles. The molecule has 0 aliphatic carbocycles. The third-order valence-electron chi connectivity index (χ3n) is 2.76. The molecule has 96 valence electrons. The van der Waals surface area contributed by atoms with Gasteiger partial charge in [0.1, 0.15) is 10.5 Å². The molecule has 2 unspecified atom stereocenters. The van der Waals surface area contributed by atoms with Crippen LogP contribution in [-0.2, 0) is 20.7 Å². The molecule has 1 heterocycles. The molecule has 1 saturated heterocycles. The van der Waals surface area contributed by atoms with Crippen molar-refractivity contribution < 1.29 is 19.4 Å². The number of carboxylic acid groups (broad SMARTS) is 1. The standard InChI is InChI=1S/C13H14O4S/c14-12(15)11(8-9-4-2-1-3-5-9)18-10-6-7-17-13(10)16/h1-5,10-11H,6-8H2,(H,14,15). The molecule has 0 bridgehead atoms. The zero-order valence-electron chi connectivity index (χ0n) is 9.74. The van der Waals surface area contributed by atoms with Crippen LogP contribution in [0.5, 0.6) is 0 Å². The molecule has 1 aromatic rings. The third-order valence-corrected chi connectivity index (χ3v) is 4.21. The van der Waals surface area contributed by atoms with Crippen LogP contribution in [0.2, 0.25) is 0 Å². The zero-order chi connectivity index (χ0) is 13.0. The van der Waals surface area contributed by atoms with Gasteiger partial charge < -0.3 is 9.84 Å². The number of thioether (sulfide) groups is 1. The second-order valence-corrected chi connectivity index (χ2v) is 5.51. The Balaban J connectivity index is 2.00. The van der Waals surface area contributed by atoms with Crippen LogP contribution in [0, 0.1) is 0 Å². The van der Waals surface area contributed by atoms with E-state index in [1.54, 1.807) is 0 Å². The summed E-state index contributed by atoms with van der Waals surface area (Å²) < 4.78 is 4.84. The van der Waals surface area contributed by atoms with E-state index in [4.69, 9.17) is 4.74 Å². The zero-order valence-corrected chi connectivity index (χ0v) is 10.6. The van der Waals surface area contributed by atoms with Gasteiger partial charge in [-0.15, -0.1) is 11.8 Å². The first-order valence-corrected chi connectivity index (χ1v) is 6.70. The number of hydrogen-bond acceptors (Lipinski definition) is 4. The molecular weight excluding hydrogens is 252 g/mol. The Morgan fingerprint density at radius 1 is 1.44 bits per heavy atom. The summed E-state index contributed by atoms with van der Waals surface area (Å²) in [5, 5.41) is 8.26. The minimum Gasteiger partial charge on any atom is -0.480 e. The van der Waals surface area contributed by atoms with Crippen LogP contribution >= 0.6 is 11.8 Å². The van der Waals surface area contributed by atoms with Gasteiger partial charge in [-0.1, -0.05) is 30.3 Å². The predicted octanol–water partition coefficient (Wildman–Crippen LogP) is 1.73. The fourth-order valence-electron chi connectivity index (χ4n) is 1.82. The highest BCUT2D eigenvalue weighted by molar-refractivity contribution is 8.01. The van der Waals surface area contributed by atoms with Crippen molar-refractivity contribution in [1.29, 1.82) is 0 Å². The van der Waals surface area contributed by atoms with Crippen molar-refractivity contribution >= 4 is 23.7 Å². The van der Waals surface area contributed by atoms with Gasteiger partial charge in [-0.2, -0.15) is 0 Å². The van der Waals surface area contributed by atoms with Crippen molar-refractivity contribution in [2.24, 2.45) is 0 Å². The molecule has 1 aliphatic rings. The van der Waals surface area contributed by atoms with E-state index in [0.29, 0.717) is 19.4 Å². The van der Waals surface area contributed by atoms with Gasteiger partial charge in [0, 0.05) is 6.42 Å². The summed E-state index contributed by atoms with van der Waals surface area (Å²) in [4.78, 5) is 22.6. The van der Waals surface area contributed by atoms with Crippen molar-refractivity contribution in [3.8, 4) is 0 Å². The first-order chi connectivity index (χ1) is 8.66. The van der Waals surface area contributed by atoms with E-state index in [2.05, 4.69) is 0 Å². The highest BCUT2D eigenvalue weighted by atomic mass is 32.2. The van der Waals surface area contributed by atoms with Crippen LogP contribution in [0.25, 0.3) is 0 Å². The lowest BCUT2D eigenvalue weighted by atomic mass is 10.1. The van der Waals surface area contributed by atoms with E-state index in [1.807, 2.05) is 30.3 Å². The van der Waals surface area contributed by atoms with Crippen LogP contribution in [0.15, 0.2) is 30.3 Å². The van der Waals surface area contributed by atoms with Crippen LogP contribution in [0.1, 0.15) is 12.0 Å². The van der Waals surface area contributed by atoms with Crippen LogP contribution in [0.4, 0.5) is 0 Å². The molecule has 5 heteroatoms. The lowest BCUT2D eigenvalue weighted by Gasteiger charge is -2.14. The number of carboxylic acids is 1. The Morgan fingerprint density at radius 3 is 2.72 bits per heavy atom. The molecule has 4 nitrogen and oxygen atoms in total. The van der Waals surface area contributed by atoms with Gasteiger partial charge in [0.2, 0.25) is 0 Å². The molecule has 1 N–H and O–H groups in total. The normalized spacial score (nSPS) is 20.4. The lowest BCUT2D eigenvalue weighted by molar-refractivity contribution is -0.137. The number of rotatable bonds is 5. The first kappa shape index (κ1) is 13.0. The van der Waals surface area contributed by atoms with Crippen molar-refractivity contribution in [3.05, 3.63) is 35.9 Å². The van der Waals surface area contributed by atoms with E-state index >= 15 is 0 Å². The van der Waals surface area contributed by atoms with Gasteiger partial charge in [-0.3, -0.25) is 9.59 Å². The number of cyclic esters (lactones) is 1. The summed E-state index contributed by atoms with van der Waals surface area (Å²) >= 11 is 1.19.